The van der Waals surface area contributed by atoms with Crippen LogP contribution in [-0.2, 0) is 0 Å². The fourth-order valence-corrected chi connectivity index (χ4v) is 1.33. The molecule has 0 unspecified atom stereocenters. The van der Waals surface area contributed by atoms with E-state index in [-0.39, 0.29) is 17.1 Å². The highest BCUT2D eigenvalue weighted by Crippen LogP contribution is 1.98. The predicted octanol–water partition coefficient (Wildman–Crippen LogP) is -0.00888. The number of para-hydroxylation sites is 1. The van der Waals surface area contributed by atoms with E-state index < -0.39 is 0 Å². The molecule has 0 spiro atoms. The summed E-state index contributed by atoms with van der Waals surface area (Å²) in [6.45, 7) is 0. The van der Waals surface area contributed by atoms with Crippen LogP contribution in [0.5, 0.6) is 0 Å². The molecule has 1 aromatic rings. The Morgan fingerprint density at radius 3 is 2.64 bits per heavy atom. The maximum atomic E-state index is 8.86. The van der Waals surface area contributed by atoms with Gasteiger partial charge in [-0.2, -0.15) is 5.26 Å². The second kappa shape index (κ2) is 2.89. The van der Waals surface area contributed by atoms with E-state index in [1.807, 2.05) is 6.07 Å². The highest BCUT2D eigenvalue weighted by atomic mass is 14.8. The molecule has 0 saturated heterocycles. The van der Waals surface area contributed by atoms with Crippen LogP contribution in [0, 0.1) is 22.1 Å². The van der Waals surface area contributed by atoms with Crippen LogP contribution in [0.4, 0.5) is 0 Å². The maximum Gasteiger partial charge on any atom is 0.171 e. The van der Waals surface area contributed by atoms with Crippen molar-refractivity contribution in [1.29, 1.82) is 16.1 Å². The van der Waals surface area contributed by atoms with Gasteiger partial charge in [0.1, 0.15) is 11.8 Å². The lowest BCUT2D eigenvalue weighted by atomic mass is 10.0. The molecule has 2 rings (SSSR count). The van der Waals surface area contributed by atoms with E-state index in [0.717, 1.165) is 0 Å². The Bertz CT molecular complexity index is 589. The number of rotatable bonds is 0. The zero-order valence-corrected chi connectivity index (χ0v) is 7.20. The first-order valence-electron chi connectivity index (χ1n) is 4.00. The summed E-state index contributed by atoms with van der Waals surface area (Å²) < 4.78 is 0. The van der Waals surface area contributed by atoms with Gasteiger partial charge in [0, 0.05) is 5.22 Å². The molecule has 1 aliphatic heterocycles. The Labute approximate surface area is 79.9 Å². The van der Waals surface area contributed by atoms with E-state index >= 15 is 0 Å². The summed E-state index contributed by atoms with van der Waals surface area (Å²) in [6.07, 6.45) is 0. The lowest BCUT2D eigenvalue weighted by Crippen LogP contribution is -2.36. The van der Waals surface area contributed by atoms with Crippen molar-refractivity contribution in [2.45, 2.75) is 0 Å². The third-order valence-corrected chi connectivity index (χ3v) is 2.00. The molecule has 14 heavy (non-hydrogen) atoms. The molecule has 1 heterocycles. The highest BCUT2D eigenvalue weighted by Gasteiger charge is 2.15. The van der Waals surface area contributed by atoms with Crippen molar-refractivity contribution in [3.05, 3.63) is 34.8 Å². The molecule has 2 N–H and O–H groups in total. The maximum absolute atomic E-state index is 8.86. The van der Waals surface area contributed by atoms with Crippen LogP contribution >= 0.6 is 0 Å². The standard InChI is InChI=1S/C10H6N4/c11-5-7-6-3-1-2-4-8(6)14-10(13)9(7)12/h1-4,12-13H. The van der Waals surface area contributed by atoms with E-state index in [0.29, 0.717) is 10.6 Å². The number of hydrogen-bond donors (Lipinski definition) is 2. The van der Waals surface area contributed by atoms with Gasteiger partial charge in [0.2, 0.25) is 0 Å². The van der Waals surface area contributed by atoms with E-state index in [9.17, 15) is 0 Å². The summed E-state index contributed by atoms with van der Waals surface area (Å²) in [4.78, 5) is 3.91. The van der Waals surface area contributed by atoms with Gasteiger partial charge in [0.15, 0.2) is 5.84 Å². The minimum Gasteiger partial charge on any atom is -0.296 e. The van der Waals surface area contributed by atoms with Crippen molar-refractivity contribution in [2.75, 3.05) is 0 Å². The smallest absolute Gasteiger partial charge is 0.171 e. The van der Waals surface area contributed by atoms with Crippen molar-refractivity contribution in [3.63, 3.8) is 0 Å². The van der Waals surface area contributed by atoms with Crippen molar-refractivity contribution < 1.29 is 0 Å². The molecule has 0 atom stereocenters. The van der Waals surface area contributed by atoms with Gasteiger partial charge in [-0.1, -0.05) is 18.2 Å². The average Bonchev–Trinajstić information content (AvgIpc) is 2.20. The van der Waals surface area contributed by atoms with Gasteiger partial charge < -0.3 is 0 Å². The van der Waals surface area contributed by atoms with Crippen LogP contribution < -0.4 is 10.6 Å². The number of nitrogens with zero attached hydrogens (tertiary/aromatic N) is 2. The summed E-state index contributed by atoms with van der Waals surface area (Å²) in [6, 6.07) is 8.97. The lowest BCUT2D eigenvalue weighted by Gasteiger charge is -2.05. The SMILES string of the molecule is N#CC1=c2ccccc2=NC(=N)C1=N. The molecule has 66 valence electrons. The zero-order chi connectivity index (χ0) is 10.1. The van der Waals surface area contributed by atoms with Gasteiger partial charge in [-0.15, -0.1) is 0 Å². The van der Waals surface area contributed by atoms with Crippen LogP contribution in [-0.4, -0.2) is 11.5 Å². The number of amidine groups is 1. The van der Waals surface area contributed by atoms with Crippen molar-refractivity contribution >= 4 is 17.1 Å². The molecule has 1 aliphatic rings. The second-order valence-electron chi connectivity index (χ2n) is 2.84. The minimum atomic E-state index is -0.153. The Hall–Kier alpha value is -2.28. The number of hydrogen-bond acceptors (Lipinski definition) is 3. The summed E-state index contributed by atoms with van der Waals surface area (Å²) in [5, 5.41) is 25.0. The Balaban J connectivity index is 3.01. The normalized spacial score (nSPS) is 14.4. The molecular formula is C10H6N4. The van der Waals surface area contributed by atoms with Crippen LogP contribution in [0.15, 0.2) is 29.3 Å². The fraction of sp³-hybridized carbons (Fsp3) is 0. The van der Waals surface area contributed by atoms with Crippen LogP contribution in [0.1, 0.15) is 0 Å². The summed E-state index contributed by atoms with van der Waals surface area (Å²) in [5.41, 5.74) is 0.117. The second-order valence-corrected chi connectivity index (χ2v) is 2.84. The molecule has 1 aromatic carbocycles. The summed E-state index contributed by atoms with van der Waals surface area (Å²) in [7, 11) is 0. The van der Waals surface area contributed by atoms with E-state index in [2.05, 4.69) is 4.99 Å². The lowest BCUT2D eigenvalue weighted by molar-refractivity contribution is 1.29. The molecule has 0 amide bonds. The molecule has 0 radical (unpaired) electrons. The van der Waals surface area contributed by atoms with Gasteiger partial charge in [-0.05, 0) is 6.07 Å². The van der Waals surface area contributed by atoms with Gasteiger partial charge in [0.25, 0.3) is 0 Å². The Morgan fingerprint density at radius 2 is 1.93 bits per heavy atom. The first kappa shape index (κ1) is 8.32. The quantitative estimate of drug-likeness (QED) is 0.581. The Morgan fingerprint density at radius 1 is 1.21 bits per heavy atom. The average molecular weight is 182 g/mol. The molecule has 0 bridgehead atoms. The molecule has 0 aliphatic carbocycles. The van der Waals surface area contributed by atoms with Crippen LogP contribution in [0.2, 0.25) is 0 Å². The highest BCUT2D eigenvalue weighted by molar-refractivity contribution is 6.56. The summed E-state index contributed by atoms with van der Waals surface area (Å²) >= 11 is 0. The van der Waals surface area contributed by atoms with Gasteiger partial charge in [-0.3, -0.25) is 10.8 Å². The van der Waals surface area contributed by atoms with E-state index in [4.69, 9.17) is 16.1 Å². The topological polar surface area (TPSA) is 83.8 Å². The molecule has 4 nitrogen and oxygen atoms in total. The first-order valence-corrected chi connectivity index (χ1v) is 4.00. The molecule has 0 aromatic heterocycles. The number of nitriles is 1. The minimum absolute atomic E-state index is 0.105. The van der Waals surface area contributed by atoms with Gasteiger partial charge >= 0.3 is 0 Å². The van der Waals surface area contributed by atoms with Gasteiger partial charge in [0.05, 0.1) is 10.9 Å². The summed E-state index contributed by atoms with van der Waals surface area (Å²) in [5.74, 6) is -0.153. The number of benzene rings is 1. The monoisotopic (exact) mass is 182 g/mol. The fourth-order valence-electron chi connectivity index (χ4n) is 1.33. The third-order valence-electron chi connectivity index (χ3n) is 2.00. The Kier molecular flexibility index (Phi) is 1.72. The largest absolute Gasteiger partial charge is 0.296 e. The molecule has 0 saturated carbocycles. The van der Waals surface area contributed by atoms with Crippen molar-refractivity contribution in [3.8, 4) is 6.07 Å². The van der Waals surface area contributed by atoms with E-state index in [1.54, 1.807) is 24.3 Å². The third kappa shape index (κ3) is 1.04. The van der Waals surface area contributed by atoms with Crippen LogP contribution in [0.3, 0.4) is 0 Å². The van der Waals surface area contributed by atoms with Crippen molar-refractivity contribution in [1.82, 2.24) is 0 Å². The number of fused-ring (bicyclic) bond motifs is 1. The molecule has 0 fully saturated rings. The molecule has 4 heteroatoms. The molecular weight excluding hydrogens is 176 g/mol. The number of nitrogens with one attached hydrogen (secondary N) is 2. The predicted molar refractivity (Wildman–Crippen MR) is 51.7 cm³/mol. The van der Waals surface area contributed by atoms with Crippen LogP contribution in [0.25, 0.3) is 5.57 Å². The van der Waals surface area contributed by atoms with Crippen molar-refractivity contribution in [2.24, 2.45) is 4.99 Å². The first-order chi connectivity index (χ1) is 6.74. The van der Waals surface area contributed by atoms with E-state index in [1.165, 1.54) is 0 Å². The van der Waals surface area contributed by atoms with Gasteiger partial charge in [-0.25, -0.2) is 4.99 Å². The zero-order valence-electron chi connectivity index (χ0n) is 7.20.